The van der Waals surface area contributed by atoms with Gasteiger partial charge in [0.15, 0.2) is 4.32 Å². The first-order valence-electron chi connectivity index (χ1n) is 9.09. The van der Waals surface area contributed by atoms with E-state index >= 15 is 0 Å². The van der Waals surface area contributed by atoms with Crippen LogP contribution in [0.15, 0.2) is 57.9 Å². The number of nitrogens with zero attached hydrogens (tertiary/aromatic N) is 1. The van der Waals surface area contributed by atoms with Crippen LogP contribution in [0.3, 0.4) is 0 Å². The molecular weight excluding hydrogens is 509 g/mol. The molecule has 33 heavy (non-hydrogen) atoms. The van der Waals surface area contributed by atoms with Crippen LogP contribution in [0.25, 0.3) is 17.4 Å². The third-order valence-electron chi connectivity index (χ3n) is 4.57. The van der Waals surface area contributed by atoms with E-state index in [-0.39, 0.29) is 26.0 Å². The Morgan fingerprint density at radius 1 is 1.00 bits per heavy atom. The molecule has 4 rings (SSSR count). The number of carbonyl (C=O) groups is 3. The second-order valence-corrected chi connectivity index (χ2v) is 9.18. The fourth-order valence-electron chi connectivity index (χ4n) is 3.10. The van der Waals surface area contributed by atoms with Crippen molar-refractivity contribution in [3.8, 4) is 11.3 Å². The Labute approximate surface area is 206 Å². The lowest BCUT2D eigenvalue weighted by Crippen LogP contribution is -2.28. The Hall–Kier alpha value is -3.11. The van der Waals surface area contributed by atoms with Crippen LogP contribution in [0, 0.1) is 0 Å². The highest BCUT2D eigenvalue weighted by Crippen LogP contribution is 2.39. The molecular formula is C22H11Cl2NO6S2. The van der Waals surface area contributed by atoms with Gasteiger partial charge in [0.2, 0.25) is 0 Å². The molecule has 11 heteroatoms. The Morgan fingerprint density at radius 2 is 1.61 bits per heavy atom. The zero-order valence-corrected chi connectivity index (χ0v) is 19.4. The highest BCUT2D eigenvalue weighted by Gasteiger charge is 2.34. The molecule has 166 valence electrons. The Balaban J connectivity index is 1.68. The normalized spacial score (nSPS) is 14.8. The summed E-state index contributed by atoms with van der Waals surface area (Å²) in [7, 11) is 0. The molecule has 1 saturated heterocycles. The van der Waals surface area contributed by atoms with Crippen LogP contribution in [0.1, 0.15) is 26.5 Å². The van der Waals surface area contributed by atoms with Gasteiger partial charge in [-0.1, -0.05) is 53.2 Å². The number of carboxylic acids is 2. The van der Waals surface area contributed by atoms with Crippen molar-refractivity contribution in [3.63, 3.8) is 0 Å². The lowest BCUT2D eigenvalue weighted by molar-refractivity contribution is -0.113. The Bertz CT molecular complexity index is 1330. The van der Waals surface area contributed by atoms with Crippen molar-refractivity contribution in [3.05, 3.63) is 80.4 Å². The van der Waals surface area contributed by atoms with Crippen LogP contribution in [0.2, 0.25) is 10.0 Å². The number of carboxylic acid groups (broad SMARTS) is 2. The number of hydrogen-bond donors (Lipinski definition) is 2. The van der Waals surface area contributed by atoms with E-state index in [0.717, 1.165) is 22.7 Å². The summed E-state index contributed by atoms with van der Waals surface area (Å²) in [6.45, 7) is 0. The SMILES string of the molecule is O=C(O)c1cc(C(=O)O)cc(N2C(=O)/C(=C\c3ccc(-c4c(Cl)cccc4Cl)o3)SC2=S)c1. The number of amides is 1. The summed E-state index contributed by atoms with van der Waals surface area (Å²) in [5.41, 5.74) is -0.00801. The average molecular weight is 520 g/mol. The standard InChI is InChI=1S/C22H11Cl2NO6S2/c23-14-2-1-3-15(24)18(14)16-5-4-13(31-16)9-17-19(26)25(22(32)33-17)12-7-10(20(27)28)6-11(8-12)21(29)30/h1-9H,(H,27,28)(H,29,30)/b17-9+. The molecule has 1 aliphatic heterocycles. The second kappa shape index (κ2) is 9.03. The summed E-state index contributed by atoms with van der Waals surface area (Å²) in [4.78, 5) is 37.1. The van der Waals surface area contributed by atoms with Gasteiger partial charge in [-0.2, -0.15) is 0 Å². The van der Waals surface area contributed by atoms with Crippen LogP contribution >= 0.6 is 47.2 Å². The maximum absolute atomic E-state index is 13.0. The summed E-state index contributed by atoms with van der Waals surface area (Å²) in [6, 6.07) is 11.7. The van der Waals surface area contributed by atoms with Gasteiger partial charge >= 0.3 is 11.9 Å². The van der Waals surface area contributed by atoms with Crippen LogP contribution < -0.4 is 4.90 Å². The predicted octanol–water partition coefficient (Wildman–Crippen LogP) is 6.06. The van der Waals surface area contributed by atoms with Crippen LogP contribution in [-0.2, 0) is 4.79 Å². The van der Waals surface area contributed by atoms with Crippen molar-refractivity contribution >= 4 is 81.1 Å². The van der Waals surface area contributed by atoms with E-state index in [2.05, 4.69) is 0 Å². The zero-order chi connectivity index (χ0) is 23.9. The van der Waals surface area contributed by atoms with Crippen molar-refractivity contribution < 1.29 is 29.0 Å². The fraction of sp³-hybridized carbons (Fsp3) is 0. The maximum atomic E-state index is 13.0. The largest absolute Gasteiger partial charge is 0.478 e. The lowest BCUT2D eigenvalue weighted by Gasteiger charge is -2.16. The molecule has 0 saturated carbocycles. The molecule has 0 atom stereocenters. The summed E-state index contributed by atoms with van der Waals surface area (Å²) < 4.78 is 5.91. The minimum absolute atomic E-state index is 0.0428. The molecule has 1 aliphatic rings. The van der Waals surface area contributed by atoms with E-state index < -0.39 is 17.8 Å². The van der Waals surface area contributed by atoms with Gasteiger partial charge in [0, 0.05) is 6.08 Å². The number of carbonyl (C=O) groups excluding carboxylic acids is 1. The number of thiocarbonyl (C=S) groups is 1. The van der Waals surface area contributed by atoms with Gasteiger partial charge in [-0.25, -0.2) is 9.59 Å². The summed E-state index contributed by atoms with van der Waals surface area (Å²) in [5, 5.41) is 19.4. The fourth-order valence-corrected chi connectivity index (χ4v) is 4.97. The molecule has 7 nitrogen and oxygen atoms in total. The first-order valence-corrected chi connectivity index (χ1v) is 11.1. The number of hydrogen-bond acceptors (Lipinski definition) is 6. The van der Waals surface area contributed by atoms with E-state index in [1.807, 2.05) is 0 Å². The van der Waals surface area contributed by atoms with Crippen molar-refractivity contribution in [2.45, 2.75) is 0 Å². The Kier molecular flexibility index (Phi) is 6.31. The van der Waals surface area contributed by atoms with Crippen molar-refractivity contribution in [1.29, 1.82) is 0 Å². The topological polar surface area (TPSA) is 108 Å². The number of thioether (sulfide) groups is 1. The molecule has 0 radical (unpaired) electrons. The van der Waals surface area contributed by atoms with Gasteiger partial charge < -0.3 is 14.6 Å². The zero-order valence-electron chi connectivity index (χ0n) is 16.2. The molecule has 0 aliphatic carbocycles. The number of aromatic carboxylic acids is 2. The van der Waals surface area contributed by atoms with Gasteiger partial charge in [0.25, 0.3) is 5.91 Å². The molecule has 2 heterocycles. The smallest absolute Gasteiger partial charge is 0.335 e. The van der Waals surface area contributed by atoms with Crippen LogP contribution in [0.5, 0.6) is 0 Å². The molecule has 2 aromatic carbocycles. The molecule has 2 N–H and O–H groups in total. The van der Waals surface area contributed by atoms with Crippen molar-refractivity contribution in [2.75, 3.05) is 4.90 Å². The third kappa shape index (κ3) is 4.53. The number of furan rings is 1. The lowest BCUT2D eigenvalue weighted by atomic mass is 10.1. The predicted molar refractivity (Wildman–Crippen MR) is 130 cm³/mol. The first kappa shape index (κ1) is 23.1. The summed E-state index contributed by atoms with van der Waals surface area (Å²) in [6.07, 6.45) is 1.48. The van der Waals surface area contributed by atoms with Gasteiger partial charge in [-0.3, -0.25) is 9.69 Å². The average Bonchev–Trinajstić information content (AvgIpc) is 3.31. The molecule has 0 spiro atoms. The van der Waals surface area contributed by atoms with Crippen molar-refractivity contribution in [1.82, 2.24) is 0 Å². The van der Waals surface area contributed by atoms with E-state index in [1.165, 1.54) is 18.2 Å². The Morgan fingerprint density at radius 3 is 2.18 bits per heavy atom. The molecule has 1 fully saturated rings. The van der Waals surface area contributed by atoms with E-state index in [9.17, 15) is 24.6 Å². The van der Waals surface area contributed by atoms with Gasteiger partial charge in [-0.05, 0) is 42.5 Å². The van der Waals surface area contributed by atoms with Gasteiger partial charge in [0.05, 0.1) is 37.3 Å². The number of halogens is 2. The van der Waals surface area contributed by atoms with E-state index in [4.69, 9.17) is 39.8 Å². The van der Waals surface area contributed by atoms with Gasteiger partial charge in [0.1, 0.15) is 11.5 Å². The van der Waals surface area contributed by atoms with Gasteiger partial charge in [-0.15, -0.1) is 0 Å². The summed E-state index contributed by atoms with van der Waals surface area (Å²) >= 11 is 18.7. The minimum atomic E-state index is -1.33. The van der Waals surface area contributed by atoms with Crippen LogP contribution in [0.4, 0.5) is 5.69 Å². The first-order chi connectivity index (χ1) is 15.7. The number of benzene rings is 2. The highest BCUT2D eigenvalue weighted by atomic mass is 35.5. The number of anilines is 1. The highest BCUT2D eigenvalue weighted by molar-refractivity contribution is 8.27. The monoisotopic (exact) mass is 519 g/mol. The minimum Gasteiger partial charge on any atom is -0.478 e. The number of rotatable bonds is 5. The summed E-state index contributed by atoms with van der Waals surface area (Å²) in [5.74, 6) is -2.46. The maximum Gasteiger partial charge on any atom is 0.335 e. The third-order valence-corrected chi connectivity index (χ3v) is 6.50. The molecule has 1 aromatic heterocycles. The van der Waals surface area contributed by atoms with E-state index in [1.54, 1.807) is 30.3 Å². The molecule has 0 bridgehead atoms. The van der Waals surface area contributed by atoms with Crippen LogP contribution in [-0.4, -0.2) is 32.4 Å². The molecule has 0 unspecified atom stereocenters. The van der Waals surface area contributed by atoms with E-state index in [0.29, 0.717) is 27.1 Å². The molecule has 1 amide bonds. The van der Waals surface area contributed by atoms with Crippen molar-refractivity contribution in [2.24, 2.45) is 0 Å². The quantitative estimate of drug-likeness (QED) is 0.309. The second-order valence-electron chi connectivity index (χ2n) is 6.69. The molecule has 3 aromatic rings.